The molecular weight excluding hydrogens is 214 g/mol. The van der Waals surface area contributed by atoms with E-state index < -0.39 is 11.0 Å². The summed E-state index contributed by atoms with van der Waals surface area (Å²) in [4.78, 5) is 24.5. The molecule has 0 saturated carbocycles. The highest BCUT2D eigenvalue weighted by molar-refractivity contribution is 5.75. The van der Waals surface area contributed by atoms with Crippen LogP contribution in [0.15, 0.2) is 18.3 Å². The molecule has 8 heteroatoms. The maximum atomic E-state index is 11.0. The Morgan fingerprint density at radius 2 is 2.31 bits per heavy atom. The van der Waals surface area contributed by atoms with Crippen molar-refractivity contribution < 1.29 is 9.72 Å². The molecule has 86 valence electrons. The number of hydrogen-bond acceptors (Lipinski definition) is 5. The highest BCUT2D eigenvalue weighted by Crippen LogP contribution is 2.10. The van der Waals surface area contributed by atoms with E-state index in [0.717, 1.165) is 6.20 Å². The van der Waals surface area contributed by atoms with Crippen molar-refractivity contribution in [3.05, 3.63) is 28.4 Å². The summed E-state index contributed by atoms with van der Waals surface area (Å²) in [7, 11) is 0. The third-order valence-corrected chi connectivity index (χ3v) is 1.60. The van der Waals surface area contributed by atoms with Gasteiger partial charge in [0.05, 0.1) is 4.92 Å². The third-order valence-electron chi connectivity index (χ3n) is 1.60. The molecular formula is C8H11N5O3. The predicted molar refractivity (Wildman–Crippen MR) is 56.7 cm³/mol. The van der Waals surface area contributed by atoms with E-state index in [0.29, 0.717) is 12.4 Å². The zero-order valence-corrected chi connectivity index (χ0v) is 8.56. The van der Waals surface area contributed by atoms with Crippen molar-refractivity contribution in [3.63, 3.8) is 0 Å². The lowest BCUT2D eigenvalue weighted by Gasteiger charge is -2.07. The van der Waals surface area contributed by atoms with Crippen molar-refractivity contribution in [1.29, 1.82) is 0 Å². The van der Waals surface area contributed by atoms with Crippen LogP contribution in [0.3, 0.4) is 0 Å². The minimum atomic E-state index is -0.548. The number of amides is 2. The number of urea groups is 1. The standard InChI is InChI=1S/C8H11N5O3/c1-2-9-8(14)12-11-7-4-3-6(5-10-7)13(15)16/h3-5H,2H2,1H3,(H,10,11)(H2,9,12,14). The summed E-state index contributed by atoms with van der Waals surface area (Å²) in [5.41, 5.74) is 4.71. The van der Waals surface area contributed by atoms with Crippen molar-refractivity contribution in [2.75, 3.05) is 12.0 Å². The molecule has 0 fully saturated rings. The zero-order valence-electron chi connectivity index (χ0n) is 8.56. The fourth-order valence-electron chi connectivity index (χ4n) is 0.894. The van der Waals surface area contributed by atoms with Crippen LogP contribution >= 0.6 is 0 Å². The molecule has 16 heavy (non-hydrogen) atoms. The number of hydrogen-bond donors (Lipinski definition) is 3. The summed E-state index contributed by atoms with van der Waals surface area (Å²) in [6, 6.07) is 2.28. The highest BCUT2D eigenvalue weighted by Gasteiger charge is 2.05. The average Bonchev–Trinajstić information content (AvgIpc) is 2.27. The first kappa shape index (κ1) is 11.7. The maximum absolute atomic E-state index is 11.0. The molecule has 8 nitrogen and oxygen atoms in total. The van der Waals surface area contributed by atoms with E-state index in [2.05, 4.69) is 21.2 Å². The van der Waals surface area contributed by atoms with Gasteiger partial charge in [0.2, 0.25) is 0 Å². The van der Waals surface area contributed by atoms with Gasteiger partial charge < -0.3 is 5.32 Å². The Morgan fingerprint density at radius 3 is 2.81 bits per heavy atom. The highest BCUT2D eigenvalue weighted by atomic mass is 16.6. The van der Waals surface area contributed by atoms with E-state index in [1.165, 1.54) is 12.1 Å². The van der Waals surface area contributed by atoms with Crippen LogP contribution in [0.25, 0.3) is 0 Å². The quantitative estimate of drug-likeness (QED) is 0.514. The zero-order chi connectivity index (χ0) is 12.0. The monoisotopic (exact) mass is 225 g/mol. The lowest BCUT2D eigenvalue weighted by Crippen LogP contribution is -2.38. The number of carbonyl (C=O) groups excluding carboxylic acids is 1. The first-order valence-corrected chi connectivity index (χ1v) is 4.53. The minimum Gasteiger partial charge on any atom is -0.337 e. The second-order valence-corrected chi connectivity index (χ2v) is 2.77. The Hall–Kier alpha value is -2.38. The topological polar surface area (TPSA) is 109 Å². The second kappa shape index (κ2) is 5.49. The van der Waals surface area contributed by atoms with E-state index in [4.69, 9.17) is 0 Å². The summed E-state index contributed by atoms with van der Waals surface area (Å²) in [6.07, 6.45) is 1.10. The summed E-state index contributed by atoms with van der Waals surface area (Å²) in [5, 5.41) is 12.8. The summed E-state index contributed by atoms with van der Waals surface area (Å²) >= 11 is 0. The van der Waals surface area contributed by atoms with Crippen molar-refractivity contribution in [2.24, 2.45) is 0 Å². The van der Waals surface area contributed by atoms with Gasteiger partial charge in [0.15, 0.2) is 0 Å². The Morgan fingerprint density at radius 1 is 1.56 bits per heavy atom. The molecule has 0 radical (unpaired) electrons. The van der Waals surface area contributed by atoms with Gasteiger partial charge in [0.1, 0.15) is 12.0 Å². The number of nitrogens with one attached hydrogen (secondary N) is 3. The first-order valence-electron chi connectivity index (χ1n) is 4.53. The molecule has 0 spiro atoms. The van der Waals surface area contributed by atoms with Crippen LogP contribution in [0.4, 0.5) is 16.3 Å². The molecule has 1 heterocycles. The van der Waals surface area contributed by atoms with Crippen LogP contribution in [-0.4, -0.2) is 22.5 Å². The molecule has 0 aliphatic heterocycles. The van der Waals surface area contributed by atoms with Gasteiger partial charge in [-0.2, -0.15) is 0 Å². The maximum Gasteiger partial charge on any atom is 0.333 e. The first-order chi connectivity index (χ1) is 7.63. The van der Waals surface area contributed by atoms with E-state index in [1.807, 2.05) is 0 Å². The van der Waals surface area contributed by atoms with Gasteiger partial charge in [-0.1, -0.05) is 0 Å². The molecule has 0 saturated heterocycles. The summed E-state index contributed by atoms with van der Waals surface area (Å²) in [5.74, 6) is 0.317. The second-order valence-electron chi connectivity index (χ2n) is 2.77. The molecule has 2 amide bonds. The van der Waals surface area contributed by atoms with Crippen LogP contribution in [0.5, 0.6) is 0 Å². The fraction of sp³-hybridized carbons (Fsp3) is 0.250. The number of aromatic nitrogens is 1. The largest absolute Gasteiger partial charge is 0.337 e. The van der Waals surface area contributed by atoms with Crippen LogP contribution in [0.2, 0.25) is 0 Å². The number of nitro groups is 1. The summed E-state index contributed by atoms with van der Waals surface area (Å²) in [6.45, 7) is 2.28. The molecule has 3 N–H and O–H groups in total. The molecule has 0 aliphatic rings. The smallest absolute Gasteiger partial charge is 0.333 e. The van der Waals surface area contributed by atoms with Gasteiger partial charge in [-0.15, -0.1) is 0 Å². The van der Waals surface area contributed by atoms with Gasteiger partial charge in [0, 0.05) is 12.6 Å². The lowest BCUT2D eigenvalue weighted by atomic mass is 10.4. The third kappa shape index (κ3) is 3.40. The van der Waals surface area contributed by atoms with Crippen LogP contribution < -0.4 is 16.2 Å². The van der Waals surface area contributed by atoms with E-state index in [1.54, 1.807) is 6.92 Å². The van der Waals surface area contributed by atoms with Gasteiger partial charge >= 0.3 is 6.03 Å². The molecule has 0 atom stereocenters. The van der Waals surface area contributed by atoms with Crippen LogP contribution in [-0.2, 0) is 0 Å². The number of nitrogens with zero attached hydrogens (tertiary/aromatic N) is 2. The Balaban J connectivity index is 2.49. The van der Waals surface area contributed by atoms with E-state index in [9.17, 15) is 14.9 Å². The normalized spacial score (nSPS) is 9.31. The summed E-state index contributed by atoms with van der Waals surface area (Å²) < 4.78 is 0. The van der Waals surface area contributed by atoms with Crippen LogP contribution in [0.1, 0.15) is 6.92 Å². The van der Waals surface area contributed by atoms with Crippen molar-refractivity contribution in [1.82, 2.24) is 15.7 Å². The molecule has 0 aliphatic carbocycles. The Labute approximate surface area is 91.2 Å². The van der Waals surface area contributed by atoms with Crippen molar-refractivity contribution in [3.8, 4) is 0 Å². The predicted octanol–water partition coefficient (Wildman–Crippen LogP) is 0.636. The number of pyridine rings is 1. The molecule has 0 bridgehead atoms. The van der Waals surface area contributed by atoms with Gasteiger partial charge in [-0.05, 0) is 13.0 Å². The molecule has 1 aromatic heterocycles. The fourth-order valence-corrected chi connectivity index (χ4v) is 0.894. The Bertz CT molecular complexity index is 378. The van der Waals surface area contributed by atoms with Crippen LogP contribution in [0, 0.1) is 10.1 Å². The molecule has 0 unspecified atom stereocenters. The van der Waals surface area contributed by atoms with Crippen molar-refractivity contribution >= 4 is 17.5 Å². The number of rotatable bonds is 4. The van der Waals surface area contributed by atoms with Crippen molar-refractivity contribution in [2.45, 2.75) is 6.92 Å². The van der Waals surface area contributed by atoms with E-state index >= 15 is 0 Å². The van der Waals surface area contributed by atoms with Gasteiger partial charge in [0.25, 0.3) is 5.69 Å². The van der Waals surface area contributed by atoms with Gasteiger partial charge in [-0.25, -0.2) is 9.78 Å². The minimum absolute atomic E-state index is 0.108. The molecule has 1 rings (SSSR count). The number of carbonyl (C=O) groups is 1. The number of hydrazine groups is 1. The van der Waals surface area contributed by atoms with Gasteiger partial charge in [-0.3, -0.25) is 21.0 Å². The lowest BCUT2D eigenvalue weighted by molar-refractivity contribution is -0.385. The SMILES string of the molecule is CCNC(=O)NNc1ccc([N+](=O)[O-])cn1. The average molecular weight is 225 g/mol. The molecule has 1 aromatic rings. The number of anilines is 1. The molecule has 0 aromatic carbocycles. The Kier molecular flexibility index (Phi) is 4.01. The van der Waals surface area contributed by atoms with E-state index in [-0.39, 0.29) is 5.69 Å².